The Hall–Kier alpha value is -0.430. The van der Waals surface area contributed by atoms with E-state index in [1.54, 1.807) is 0 Å². The Balaban J connectivity index is 1.94. The maximum Gasteiger partial charge on any atom is 0.246 e. The molecular weight excluding hydrogens is 340 g/mol. The molecule has 1 N–H and O–H groups in total. The molecule has 0 spiro atoms. The number of imide groups is 1. The van der Waals surface area contributed by atoms with Crippen LogP contribution < -0.4 is 5.32 Å². The second-order valence-electron chi connectivity index (χ2n) is 4.10. The summed E-state index contributed by atoms with van der Waals surface area (Å²) in [6, 6.07) is 1.65. The number of piperidine rings is 1. The van der Waals surface area contributed by atoms with Gasteiger partial charge >= 0.3 is 0 Å². The number of likely N-dealkylation sites (N-methyl/N-ethyl adjacent to an activating group) is 1. The molecule has 1 fully saturated rings. The van der Waals surface area contributed by atoms with Crippen molar-refractivity contribution in [3.05, 3.63) is 19.8 Å². The quantitative estimate of drug-likeness (QED) is 0.851. The van der Waals surface area contributed by atoms with Crippen molar-refractivity contribution in [2.75, 3.05) is 7.05 Å². The van der Waals surface area contributed by atoms with Gasteiger partial charge in [0.1, 0.15) is 4.34 Å². The number of hydrogen-bond acceptors (Lipinski definition) is 4. The van der Waals surface area contributed by atoms with Crippen molar-refractivity contribution in [1.29, 1.82) is 0 Å². The number of thiophene rings is 1. The van der Waals surface area contributed by atoms with E-state index in [4.69, 9.17) is 11.6 Å². The number of rotatable bonds is 3. The van der Waals surface area contributed by atoms with Gasteiger partial charge < -0.3 is 5.32 Å². The fourth-order valence-corrected chi connectivity index (χ4v) is 3.55. The first kappa shape index (κ1) is 14.0. The zero-order chi connectivity index (χ0) is 13.3. The normalized spacial score (nSPS) is 20.6. The number of carbonyl (C=O) groups excluding carboxylic acids is 2. The number of likely N-dealkylation sites (tertiary alicyclic amines) is 1. The summed E-state index contributed by atoms with van der Waals surface area (Å²) in [6.07, 6.45) is 0.969. The van der Waals surface area contributed by atoms with Crippen molar-refractivity contribution in [3.8, 4) is 0 Å². The Morgan fingerprint density at radius 1 is 1.61 bits per heavy atom. The van der Waals surface area contributed by atoms with Crippen LogP contribution in [0.1, 0.15) is 17.7 Å². The molecule has 2 heterocycles. The van der Waals surface area contributed by atoms with Crippen molar-refractivity contribution >= 4 is 50.7 Å². The average molecular weight is 352 g/mol. The summed E-state index contributed by atoms with van der Waals surface area (Å²) in [7, 11) is 1.52. The van der Waals surface area contributed by atoms with E-state index in [2.05, 4.69) is 21.2 Å². The molecule has 1 unspecified atom stereocenters. The summed E-state index contributed by atoms with van der Waals surface area (Å²) in [5, 5.41) is 3.17. The SMILES string of the molecule is CN1C(=O)CCC(NCc2cc(Br)c(Cl)s2)C1=O. The molecule has 98 valence electrons. The molecule has 1 atom stereocenters. The van der Waals surface area contributed by atoms with Gasteiger partial charge in [-0.3, -0.25) is 14.5 Å². The Morgan fingerprint density at radius 2 is 2.33 bits per heavy atom. The summed E-state index contributed by atoms with van der Waals surface area (Å²) < 4.78 is 1.57. The molecule has 4 nitrogen and oxygen atoms in total. The summed E-state index contributed by atoms with van der Waals surface area (Å²) >= 11 is 10.8. The highest BCUT2D eigenvalue weighted by molar-refractivity contribution is 9.10. The van der Waals surface area contributed by atoms with E-state index >= 15 is 0 Å². The Labute approximate surface area is 122 Å². The summed E-state index contributed by atoms with van der Waals surface area (Å²) in [5.74, 6) is -0.270. The minimum atomic E-state index is -0.285. The number of amides is 2. The van der Waals surface area contributed by atoms with E-state index < -0.39 is 0 Å². The molecule has 1 aliphatic rings. The number of hydrogen-bond donors (Lipinski definition) is 1. The Morgan fingerprint density at radius 3 is 2.94 bits per heavy atom. The molecule has 18 heavy (non-hydrogen) atoms. The maximum atomic E-state index is 11.8. The van der Waals surface area contributed by atoms with Crippen LogP contribution in [0.15, 0.2) is 10.5 Å². The summed E-state index contributed by atoms with van der Waals surface area (Å²) in [6.45, 7) is 0.578. The molecule has 0 aliphatic carbocycles. The van der Waals surface area contributed by atoms with Crippen molar-refractivity contribution in [1.82, 2.24) is 10.2 Å². The predicted octanol–water partition coefficient (Wildman–Crippen LogP) is 2.40. The number of nitrogens with one attached hydrogen (secondary N) is 1. The largest absolute Gasteiger partial charge is 0.301 e. The van der Waals surface area contributed by atoms with Gasteiger partial charge in [-0.1, -0.05) is 11.6 Å². The molecule has 0 aromatic carbocycles. The van der Waals surface area contributed by atoms with E-state index in [0.29, 0.717) is 23.7 Å². The monoisotopic (exact) mass is 350 g/mol. The first-order valence-electron chi connectivity index (χ1n) is 5.46. The van der Waals surface area contributed by atoms with Crippen LogP contribution in [0.4, 0.5) is 0 Å². The van der Waals surface area contributed by atoms with Gasteiger partial charge in [-0.25, -0.2) is 0 Å². The van der Waals surface area contributed by atoms with Crippen molar-refractivity contribution in [2.45, 2.75) is 25.4 Å². The molecule has 1 aromatic rings. The molecule has 7 heteroatoms. The van der Waals surface area contributed by atoms with Crippen LogP contribution in [0.3, 0.4) is 0 Å². The lowest BCUT2D eigenvalue weighted by Gasteiger charge is -2.28. The zero-order valence-corrected chi connectivity index (χ0v) is 12.9. The number of halogens is 2. The fourth-order valence-electron chi connectivity index (χ4n) is 1.81. The average Bonchev–Trinajstić information content (AvgIpc) is 2.65. The molecule has 0 bridgehead atoms. The van der Waals surface area contributed by atoms with Crippen LogP contribution in [0.5, 0.6) is 0 Å². The Bertz CT molecular complexity index is 472. The lowest BCUT2D eigenvalue weighted by molar-refractivity contribution is -0.148. The van der Waals surface area contributed by atoms with Gasteiger partial charge in [-0.15, -0.1) is 11.3 Å². The van der Waals surface area contributed by atoms with E-state index in [-0.39, 0.29) is 17.9 Å². The number of nitrogens with zero attached hydrogens (tertiary/aromatic N) is 1. The van der Waals surface area contributed by atoms with Gasteiger partial charge in [0, 0.05) is 29.4 Å². The predicted molar refractivity (Wildman–Crippen MR) is 74.7 cm³/mol. The third-order valence-electron chi connectivity index (χ3n) is 2.87. The van der Waals surface area contributed by atoms with Crippen LogP contribution in [0, 0.1) is 0 Å². The lowest BCUT2D eigenvalue weighted by atomic mass is 10.0. The third kappa shape index (κ3) is 2.93. The van der Waals surface area contributed by atoms with Crippen molar-refractivity contribution < 1.29 is 9.59 Å². The van der Waals surface area contributed by atoms with Crippen LogP contribution in [0.25, 0.3) is 0 Å². The minimum absolute atomic E-state index is 0.111. The van der Waals surface area contributed by atoms with E-state index in [9.17, 15) is 9.59 Å². The topological polar surface area (TPSA) is 49.4 Å². The second-order valence-corrected chi connectivity index (χ2v) is 6.69. The van der Waals surface area contributed by atoms with E-state index in [1.165, 1.54) is 23.3 Å². The highest BCUT2D eigenvalue weighted by Gasteiger charge is 2.31. The van der Waals surface area contributed by atoms with Gasteiger partial charge in [0.2, 0.25) is 11.8 Å². The highest BCUT2D eigenvalue weighted by atomic mass is 79.9. The van der Waals surface area contributed by atoms with Gasteiger partial charge in [0.05, 0.1) is 6.04 Å². The molecular formula is C11H12BrClN2O2S. The zero-order valence-electron chi connectivity index (χ0n) is 9.70. The first-order chi connectivity index (χ1) is 8.49. The second kappa shape index (κ2) is 5.69. The lowest BCUT2D eigenvalue weighted by Crippen LogP contribution is -2.51. The number of carbonyl (C=O) groups is 2. The maximum absolute atomic E-state index is 11.8. The molecule has 2 rings (SSSR count). The minimum Gasteiger partial charge on any atom is -0.301 e. The van der Waals surface area contributed by atoms with Crippen LogP contribution in [-0.4, -0.2) is 29.8 Å². The molecule has 1 aliphatic heterocycles. The van der Waals surface area contributed by atoms with E-state index in [1.807, 2.05) is 6.07 Å². The van der Waals surface area contributed by atoms with Crippen LogP contribution >= 0.6 is 38.9 Å². The summed E-state index contributed by atoms with van der Waals surface area (Å²) in [5.41, 5.74) is 0. The highest BCUT2D eigenvalue weighted by Crippen LogP contribution is 2.31. The molecule has 2 amide bonds. The van der Waals surface area contributed by atoms with Crippen molar-refractivity contribution in [2.24, 2.45) is 0 Å². The third-order valence-corrected chi connectivity index (χ3v) is 5.34. The van der Waals surface area contributed by atoms with Gasteiger partial charge in [0.15, 0.2) is 0 Å². The summed E-state index contributed by atoms with van der Waals surface area (Å²) in [4.78, 5) is 25.4. The van der Waals surface area contributed by atoms with Gasteiger partial charge in [0.25, 0.3) is 0 Å². The molecule has 1 saturated heterocycles. The van der Waals surface area contributed by atoms with Gasteiger partial charge in [-0.2, -0.15) is 0 Å². The fraction of sp³-hybridized carbons (Fsp3) is 0.455. The standard InChI is InChI=1S/C11H12BrClN2O2S/c1-15-9(16)3-2-8(11(15)17)14-5-6-4-7(12)10(13)18-6/h4,8,14H,2-3,5H2,1H3. The molecule has 0 saturated carbocycles. The van der Waals surface area contributed by atoms with Gasteiger partial charge in [-0.05, 0) is 28.4 Å². The molecule has 1 aromatic heterocycles. The first-order valence-corrected chi connectivity index (χ1v) is 7.45. The van der Waals surface area contributed by atoms with E-state index in [0.717, 1.165) is 9.35 Å². The smallest absolute Gasteiger partial charge is 0.246 e. The molecule has 0 radical (unpaired) electrons. The Kier molecular flexibility index (Phi) is 4.42. The van der Waals surface area contributed by atoms with Crippen molar-refractivity contribution in [3.63, 3.8) is 0 Å². The van der Waals surface area contributed by atoms with Crippen LogP contribution in [-0.2, 0) is 16.1 Å². The van der Waals surface area contributed by atoms with Crippen LogP contribution in [0.2, 0.25) is 4.34 Å².